The van der Waals surface area contributed by atoms with Gasteiger partial charge in [-0.15, -0.1) is 0 Å². The molecule has 1 fully saturated rings. The molecule has 7 nitrogen and oxygen atoms in total. The van der Waals surface area contributed by atoms with Gasteiger partial charge in [-0.25, -0.2) is 9.59 Å². The summed E-state index contributed by atoms with van der Waals surface area (Å²) in [5.41, 5.74) is 5.11. The highest BCUT2D eigenvalue weighted by Gasteiger charge is 2.34. The lowest BCUT2D eigenvalue weighted by Crippen LogP contribution is -2.46. The lowest BCUT2D eigenvalue weighted by atomic mass is 9.78. The van der Waals surface area contributed by atoms with Crippen LogP contribution in [-0.2, 0) is 14.3 Å². The molecule has 1 saturated carbocycles. The van der Waals surface area contributed by atoms with Crippen molar-refractivity contribution in [1.29, 1.82) is 0 Å². The quantitative estimate of drug-likeness (QED) is 0.580. The molecular weight excluding hydrogens is 432 g/mol. The Morgan fingerprint density at radius 1 is 0.912 bits per heavy atom. The van der Waals surface area contributed by atoms with Crippen molar-refractivity contribution in [3.05, 3.63) is 71.3 Å². The van der Waals surface area contributed by atoms with Gasteiger partial charge in [0, 0.05) is 30.0 Å². The number of nitrogens with one attached hydrogen (secondary N) is 2. The summed E-state index contributed by atoms with van der Waals surface area (Å²) in [5.74, 6) is -0.734. The Hall–Kier alpha value is -3.61. The maximum absolute atomic E-state index is 12.4. The van der Waals surface area contributed by atoms with E-state index in [0.717, 1.165) is 12.8 Å². The fourth-order valence-corrected chi connectivity index (χ4v) is 5.38. The lowest BCUT2D eigenvalue weighted by Gasteiger charge is -2.35. The second-order valence-electron chi connectivity index (χ2n) is 9.45. The molecule has 0 bridgehead atoms. The lowest BCUT2D eigenvalue weighted by molar-refractivity contribution is -0.133. The fourth-order valence-electron chi connectivity index (χ4n) is 5.38. The Morgan fingerprint density at radius 3 is 2.18 bits per heavy atom. The van der Waals surface area contributed by atoms with E-state index in [0.29, 0.717) is 24.8 Å². The van der Waals surface area contributed by atoms with Crippen molar-refractivity contribution in [2.45, 2.75) is 50.1 Å². The van der Waals surface area contributed by atoms with Gasteiger partial charge < -0.3 is 20.5 Å². The fraction of sp³-hybridized carbons (Fsp3) is 0.370. The zero-order chi connectivity index (χ0) is 23.7. The first-order valence-corrected chi connectivity index (χ1v) is 11.8. The number of carboxylic acids is 1. The minimum atomic E-state index is -0.919. The van der Waals surface area contributed by atoms with Gasteiger partial charge in [-0.3, -0.25) is 4.79 Å². The Kier molecular flexibility index (Phi) is 6.09. The van der Waals surface area contributed by atoms with E-state index in [-0.39, 0.29) is 36.4 Å². The first-order valence-electron chi connectivity index (χ1n) is 11.8. The van der Waals surface area contributed by atoms with Crippen molar-refractivity contribution in [3.63, 3.8) is 0 Å². The third-order valence-electron chi connectivity index (χ3n) is 7.13. The van der Waals surface area contributed by atoms with Gasteiger partial charge in [0.25, 0.3) is 0 Å². The average Bonchev–Trinajstić information content (AvgIpc) is 3.39. The van der Waals surface area contributed by atoms with E-state index in [1.165, 1.54) is 22.3 Å². The van der Waals surface area contributed by atoms with E-state index in [2.05, 4.69) is 34.9 Å². The van der Waals surface area contributed by atoms with E-state index in [9.17, 15) is 14.4 Å². The summed E-state index contributed by atoms with van der Waals surface area (Å²) in [6.45, 7) is 0.284. The molecule has 5 rings (SSSR count). The molecule has 0 saturated heterocycles. The number of alkyl carbamates (subject to hydrolysis) is 1. The number of rotatable bonds is 7. The third-order valence-corrected chi connectivity index (χ3v) is 7.13. The molecule has 176 valence electrons. The molecule has 0 aromatic heterocycles. The summed E-state index contributed by atoms with van der Waals surface area (Å²) in [6.07, 6.45) is 4.05. The topological polar surface area (TPSA) is 105 Å². The molecule has 1 atom stereocenters. The largest absolute Gasteiger partial charge is 0.478 e. The van der Waals surface area contributed by atoms with Gasteiger partial charge in [0.2, 0.25) is 5.91 Å². The summed E-state index contributed by atoms with van der Waals surface area (Å²) in [7, 11) is 0. The number of amides is 2. The van der Waals surface area contributed by atoms with Crippen LogP contribution in [0.5, 0.6) is 0 Å². The van der Waals surface area contributed by atoms with Crippen LogP contribution in [0.4, 0.5) is 4.79 Å². The number of hydrogen-bond donors (Lipinski definition) is 3. The first kappa shape index (κ1) is 22.2. The molecule has 0 spiro atoms. The highest BCUT2D eigenvalue weighted by Crippen LogP contribution is 2.44. The number of carbonyl (C=O) groups is 3. The number of carboxylic acid groups (broad SMARTS) is 1. The summed E-state index contributed by atoms with van der Waals surface area (Å²) in [5, 5.41) is 14.9. The number of hydrogen-bond acceptors (Lipinski definition) is 4. The van der Waals surface area contributed by atoms with Crippen LogP contribution in [0.15, 0.2) is 60.2 Å². The van der Waals surface area contributed by atoms with Crippen LogP contribution in [0.2, 0.25) is 0 Å². The molecule has 2 aromatic carbocycles. The molecule has 34 heavy (non-hydrogen) atoms. The maximum Gasteiger partial charge on any atom is 0.407 e. The molecular formula is C27H28N2O5. The second kappa shape index (κ2) is 9.33. The van der Waals surface area contributed by atoms with Crippen molar-refractivity contribution in [3.8, 4) is 11.1 Å². The van der Waals surface area contributed by atoms with Gasteiger partial charge in [-0.2, -0.15) is 0 Å². The van der Waals surface area contributed by atoms with E-state index in [1.54, 1.807) is 6.08 Å². The van der Waals surface area contributed by atoms with E-state index in [4.69, 9.17) is 9.84 Å². The Bertz CT molecular complexity index is 1110. The minimum Gasteiger partial charge on any atom is -0.478 e. The summed E-state index contributed by atoms with van der Waals surface area (Å²) >= 11 is 0. The Morgan fingerprint density at radius 2 is 1.56 bits per heavy atom. The van der Waals surface area contributed by atoms with E-state index < -0.39 is 12.1 Å². The monoisotopic (exact) mass is 460 g/mol. The molecule has 0 aliphatic heterocycles. The van der Waals surface area contributed by atoms with Gasteiger partial charge in [0.15, 0.2) is 0 Å². The predicted octanol–water partition coefficient (Wildman–Crippen LogP) is 3.98. The molecule has 2 aromatic rings. The van der Waals surface area contributed by atoms with Gasteiger partial charge in [-0.05, 0) is 53.9 Å². The summed E-state index contributed by atoms with van der Waals surface area (Å²) in [4.78, 5) is 35.7. The number of fused-ring (bicyclic) bond motifs is 3. The molecule has 7 heteroatoms. The average molecular weight is 461 g/mol. The van der Waals surface area contributed by atoms with Gasteiger partial charge in [0.1, 0.15) is 6.61 Å². The molecule has 1 unspecified atom stereocenters. The third kappa shape index (κ3) is 4.55. The number of carbonyl (C=O) groups excluding carboxylic acids is 2. The smallest absolute Gasteiger partial charge is 0.407 e. The van der Waals surface area contributed by atoms with E-state index in [1.807, 2.05) is 24.3 Å². The van der Waals surface area contributed by atoms with Crippen LogP contribution in [0, 0.1) is 5.92 Å². The highest BCUT2D eigenvalue weighted by molar-refractivity contribution is 5.87. The molecule has 3 N–H and O–H groups in total. The number of aliphatic carboxylic acids is 1. The van der Waals surface area contributed by atoms with Crippen molar-refractivity contribution in [1.82, 2.24) is 10.6 Å². The molecule has 2 amide bonds. The molecule has 3 aliphatic rings. The standard InChI is InChI=1S/C27H28N2O5/c30-25(28-18-10-9-17(14-18)26(31)32)13-16-11-19(12-16)29-27(33)34-15-24-22-7-3-1-5-20(22)21-6-2-4-8-23(21)24/h1-9,16,18-19,24H,10-15H2,(H,28,30)(H,29,33)(H,31,32). The maximum atomic E-state index is 12.4. The van der Waals surface area contributed by atoms with Crippen LogP contribution in [0.25, 0.3) is 11.1 Å². The summed E-state index contributed by atoms with van der Waals surface area (Å²) < 4.78 is 5.60. The van der Waals surface area contributed by atoms with Crippen molar-refractivity contribution in [2.24, 2.45) is 5.92 Å². The first-order chi connectivity index (χ1) is 16.5. The molecule has 3 aliphatic carbocycles. The normalized spacial score (nSPS) is 22.7. The number of ether oxygens (including phenoxy) is 1. The van der Waals surface area contributed by atoms with Crippen molar-refractivity contribution >= 4 is 18.0 Å². The summed E-state index contributed by atoms with van der Waals surface area (Å²) in [6, 6.07) is 16.3. The highest BCUT2D eigenvalue weighted by atomic mass is 16.5. The zero-order valence-corrected chi connectivity index (χ0v) is 18.8. The molecule has 0 heterocycles. The molecule has 0 radical (unpaired) electrons. The van der Waals surface area contributed by atoms with Gasteiger partial charge in [0.05, 0.1) is 0 Å². The van der Waals surface area contributed by atoms with Gasteiger partial charge in [-0.1, -0.05) is 54.6 Å². The van der Waals surface area contributed by atoms with Crippen molar-refractivity contribution < 1.29 is 24.2 Å². The van der Waals surface area contributed by atoms with Crippen LogP contribution >= 0.6 is 0 Å². The second-order valence-corrected chi connectivity index (χ2v) is 9.45. The zero-order valence-electron chi connectivity index (χ0n) is 18.8. The number of benzene rings is 2. The van der Waals surface area contributed by atoms with Crippen LogP contribution < -0.4 is 10.6 Å². The van der Waals surface area contributed by atoms with Gasteiger partial charge >= 0.3 is 12.1 Å². The predicted molar refractivity (Wildman–Crippen MR) is 126 cm³/mol. The van der Waals surface area contributed by atoms with Crippen LogP contribution in [0.3, 0.4) is 0 Å². The van der Waals surface area contributed by atoms with Crippen LogP contribution in [-0.4, -0.2) is 41.8 Å². The van der Waals surface area contributed by atoms with E-state index >= 15 is 0 Å². The van der Waals surface area contributed by atoms with Crippen molar-refractivity contribution in [2.75, 3.05) is 6.61 Å². The van der Waals surface area contributed by atoms with Crippen LogP contribution in [0.1, 0.15) is 49.1 Å². The minimum absolute atomic E-state index is 0.0141. The SMILES string of the molecule is O=C(CC1CC(NC(=O)OCC2c3ccccc3-c3ccccc32)C1)NC1CC=C(C(=O)O)C1. The Labute approximate surface area is 198 Å². The Balaban J connectivity index is 1.04.